The number of hydrogen-bond acceptors (Lipinski definition) is 5. The molecule has 0 saturated carbocycles. The third-order valence-corrected chi connectivity index (χ3v) is 6.01. The van der Waals surface area contributed by atoms with Crippen molar-refractivity contribution in [3.05, 3.63) is 59.7 Å². The average Bonchev–Trinajstić information content (AvgIpc) is 2.84. The number of nitrogens with zero attached hydrogens (tertiary/aromatic N) is 2. The van der Waals surface area contributed by atoms with E-state index in [1.807, 2.05) is 24.1 Å². The molecule has 1 aliphatic heterocycles. The molecule has 1 fully saturated rings. The number of carbonyl (C=O) groups excluding carboxylic acids is 2. The number of carbonyl (C=O) groups is 2. The fourth-order valence-corrected chi connectivity index (χ4v) is 3.91. The molecule has 0 spiro atoms. The Morgan fingerprint density at radius 2 is 1.68 bits per heavy atom. The largest absolute Gasteiger partial charge is 0.494 e. The molecule has 0 atom stereocenters. The van der Waals surface area contributed by atoms with Crippen LogP contribution < -0.4 is 15.4 Å². The van der Waals surface area contributed by atoms with Crippen molar-refractivity contribution in [2.75, 3.05) is 45.2 Å². The van der Waals surface area contributed by atoms with Crippen LogP contribution in [0.4, 0.5) is 5.69 Å². The maximum atomic E-state index is 13.0. The highest BCUT2D eigenvalue weighted by molar-refractivity contribution is 7.80. The van der Waals surface area contributed by atoms with Crippen LogP contribution in [0.3, 0.4) is 0 Å². The number of likely N-dealkylation sites (N-methyl/N-ethyl adjacent to an activating group) is 1. The summed E-state index contributed by atoms with van der Waals surface area (Å²) < 4.78 is 5.73. The van der Waals surface area contributed by atoms with Crippen molar-refractivity contribution in [2.24, 2.45) is 0 Å². The molecule has 2 aromatic carbocycles. The first-order chi connectivity index (χ1) is 16.5. The van der Waals surface area contributed by atoms with Gasteiger partial charge in [0.15, 0.2) is 5.11 Å². The monoisotopic (exact) mass is 482 g/mol. The van der Waals surface area contributed by atoms with E-state index < -0.39 is 0 Å². The molecule has 34 heavy (non-hydrogen) atoms. The van der Waals surface area contributed by atoms with Gasteiger partial charge in [-0.05, 0) is 62.1 Å². The van der Waals surface area contributed by atoms with Gasteiger partial charge in [-0.3, -0.25) is 14.9 Å². The highest BCUT2D eigenvalue weighted by Crippen LogP contribution is 2.19. The minimum absolute atomic E-state index is 0.0457. The van der Waals surface area contributed by atoms with E-state index in [-0.39, 0.29) is 16.9 Å². The lowest BCUT2D eigenvalue weighted by molar-refractivity contribution is 0.0665. The molecule has 2 amide bonds. The van der Waals surface area contributed by atoms with Crippen LogP contribution in [-0.4, -0.2) is 66.6 Å². The van der Waals surface area contributed by atoms with Gasteiger partial charge in [-0.15, -0.1) is 0 Å². The minimum Gasteiger partial charge on any atom is -0.494 e. The van der Waals surface area contributed by atoms with Crippen molar-refractivity contribution < 1.29 is 14.3 Å². The van der Waals surface area contributed by atoms with Gasteiger partial charge in [0.1, 0.15) is 5.75 Å². The average molecular weight is 483 g/mol. The van der Waals surface area contributed by atoms with Crippen molar-refractivity contribution in [2.45, 2.75) is 32.6 Å². The van der Waals surface area contributed by atoms with Crippen LogP contribution in [0, 0.1) is 0 Å². The lowest BCUT2D eigenvalue weighted by atomic mass is 10.1. The van der Waals surface area contributed by atoms with Crippen LogP contribution in [0.1, 0.15) is 53.3 Å². The summed E-state index contributed by atoms with van der Waals surface area (Å²) in [6, 6.07) is 14.2. The first-order valence-corrected chi connectivity index (χ1v) is 12.3. The topological polar surface area (TPSA) is 73.9 Å². The Balaban J connectivity index is 1.53. The highest BCUT2D eigenvalue weighted by Gasteiger charge is 2.22. The van der Waals surface area contributed by atoms with Crippen LogP contribution in [0.15, 0.2) is 48.5 Å². The molecule has 0 unspecified atom stereocenters. The molecule has 2 N–H and O–H groups in total. The summed E-state index contributed by atoms with van der Waals surface area (Å²) in [5.74, 6) is 0.371. The van der Waals surface area contributed by atoms with Gasteiger partial charge in [-0.25, -0.2) is 0 Å². The van der Waals surface area contributed by atoms with E-state index in [9.17, 15) is 9.59 Å². The molecule has 2 aromatic rings. The number of hydrogen-bond donors (Lipinski definition) is 2. The molecule has 0 aliphatic carbocycles. The van der Waals surface area contributed by atoms with E-state index in [1.54, 1.807) is 36.4 Å². The molecular weight excluding hydrogens is 448 g/mol. The Bertz CT molecular complexity index is 972. The first-order valence-electron chi connectivity index (χ1n) is 11.9. The maximum Gasteiger partial charge on any atom is 0.257 e. The van der Waals surface area contributed by atoms with Crippen molar-refractivity contribution in [3.8, 4) is 5.75 Å². The maximum absolute atomic E-state index is 13.0. The van der Waals surface area contributed by atoms with Gasteiger partial charge in [-0.2, -0.15) is 0 Å². The third kappa shape index (κ3) is 7.53. The predicted octanol–water partition coefficient (Wildman–Crippen LogP) is 4.16. The van der Waals surface area contributed by atoms with Crippen LogP contribution in [0.5, 0.6) is 5.75 Å². The fraction of sp³-hybridized carbons (Fsp3) is 0.423. The van der Waals surface area contributed by atoms with Crippen molar-refractivity contribution in [3.63, 3.8) is 0 Å². The quantitative estimate of drug-likeness (QED) is 0.413. The number of thiocarbonyl (C=S) groups is 1. The van der Waals surface area contributed by atoms with E-state index in [0.29, 0.717) is 36.5 Å². The van der Waals surface area contributed by atoms with Crippen LogP contribution >= 0.6 is 12.2 Å². The second kappa shape index (κ2) is 13.1. The lowest BCUT2D eigenvalue weighted by Crippen LogP contribution is -2.47. The third-order valence-electron chi connectivity index (χ3n) is 5.81. The van der Waals surface area contributed by atoms with Gasteiger partial charge in [0.05, 0.1) is 17.9 Å². The summed E-state index contributed by atoms with van der Waals surface area (Å²) in [6.45, 7) is 5.91. The van der Waals surface area contributed by atoms with Crippen LogP contribution in [-0.2, 0) is 0 Å². The number of anilines is 1. The number of unbranched alkanes of at least 4 members (excludes halogenated alkanes) is 3. The number of para-hydroxylation sites is 1. The Labute approximate surface area is 207 Å². The number of benzene rings is 2. The smallest absolute Gasteiger partial charge is 0.257 e. The van der Waals surface area contributed by atoms with E-state index in [2.05, 4.69) is 22.5 Å². The zero-order chi connectivity index (χ0) is 24.3. The number of amides is 2. The molecule has 3 rings (SSSR count). The van der Waals surface area contributed by atoms with Crippen molar-refractivity contribution in [1.29, 1.82) is 0 Å². The second-order valence-corrected chi connectivity index (χ2v) is 8.89. The molecule has 182 valence electrons. The second-order valence-electron chi connectivity index (χ2n) is 8.48. The van der Waals surface area contributed by atoms with Gasteiger partial charge < -0.3 is 19.9 Å². The molecule has 0 aromatic heterocycles. The zero-order valence-corrected chi connectivity index (χ0v) is 20.8. The highest BCUT2D eigenvalue weighted by atomic mass is 32.1. The number of rotatable bonds is 9. The molecule has 1 heterocycles. The Morgan fingerprint density at radius 1 is 0.971 bits per heavy atom. The molecule has 1 saturated heterocycles. The summed E-state index contributed by atoms with van der Waals surface area (Å²) in [6.07, 6.45) is 4.59. The van der Waals surface area contributed by atoms with Gasteiger partial charge in [0.2, 0.25) is 0 Å². The van der Waals surface area contributed by atoms with Crippen LogP contribution in [0.25, 0.3) is 0 Å². The first kappa shape index (κ1) is 25.6. The standard InChI is InChI=1S/C26H34N4O3S/c1-3-4-5-8-19-33-21-13-11-20(12-14-21)24(31)28-26(34)27-23-10-7-6-9-22(23)25(32)30-17-15-29(2)16-18-30/h6-7,9-14H,3-5,8,15-19H2,1-2H3,(H2,27,28,31,34). The van der Waals surface area contributed by atoms with Crippen molar-refractivity contribution >= 4 is 34.8 Å². The molecule has 0 bridgehead atoms. The van der Waals surface area contributed by atoms with Gasteiger partial charge in [0, 0.05) is 31.7 Å². The summed E-state index contributed by atoms with van der Waals surface area (Å²) in [4.78, 5) is 29.7. The number of nitrogens with one attached hydrogen (secondary N) is 2. The number of piperazine rings is 1. The molecular formula is C26H34N4O3S. The minimum atomic E-state index is -0.324. The lowest BCUT2D eigenvalue weighted by Gasteiger charge is -2.32. The SMILES string of the molecule is CCCCCCOc1ccc(C(=O)NC(=S)Nc2ccccc2C(=O)N2CCN(C)CC2)cc1. The fourth-order valence-electron chi connectivity index (χ4n) is 3.71. The number of ether oxygens (including phenoxy) is 1. The normalized spacial score (nSPS) is 13.9. The molecule has 1 aliphatic rings. The van der Waals surface area contributed by atoms with Gasteiger partial charge in [-0.1, -0.05) is 38.3 Å². The van der Waals surface area contributed by atoms with E-state index >= 15 is 0 Å². The molecule has 7 nitrogen and oxygen atoms in total. The molecule has 0 radical (unpaired) electrons. The van der Waals surface area contributed by atoms with Gasteiger partial charge >= 0.3 is 0 Å². The summed E-state index contributed by atoms with van der Waals surface area (Å²) in [5, 5.41) is 5.84. The Hall–Kier alpha value is -2.97. The summed E-state index contributed by atoms with van der Waals surface area (Å²) in [5.41, 5.74) is 1.58. The van der Waals surface area contributed by atoms with Gasteiger partial charge in [0.25, 0.3) is 11.8 Å². The summed E-state index contributed by atoms with van der Waals surface area (Å²) in [7, 11) is 2.05. The predicted molar refractivity (Wildman–Crippen MR) is 140 cm³/mol. The zero-order valence-electron chi connectivity index (χ0n) is 20.0. The van der Waals surface area contributed by atoms with E-state index in [0.717, 1.165) is 31.7 Å². The van der Waals surface area contributed by atoms with Crippen LogP contribution in [0.2, 0.25) is 0 Å². The Kier molecular flexibility index (Phi) is 9.85. The summed E-state index contributed by atoms with van der Waals surface area (Å²) >= 11 is 5.35. The van der Waals surface area contributed by atoms with Crippen molar-refractivity contribution in [1.82, 2.24) is 15.1 Å². The van der Waals surface area contributed by atoms with E-state index in [1.165, 1.54) is 12.8 Å². The molecule has 8 heteroatoms. The Morgan fingerprint density at radius 3 is 2.38 bits per heavy atom. The van der Waals surface area contributed by atoms with E-state index in [4.69, 9.17) is 17.0 Å².